The van der Waals surface area contributed by atoms with Crippen LogP contribution in [0.25, 0.3) is 0 Å². The number of carbonyl (C=O) groups excluding carboxylic acids is 1. The Kier molecular flexibility index (Phi) is 4.80. The molecule has 108 valence electrons. The third-order valence-electron chi connectivity index (χ3n) is 4.52. The van der Waals surface area contributed by atoms with Crippen LogP contribution in [-0.4, -0.2) is 46.7 Å². The van der Waals surface area contributed by atoms with E-state index >= 15 is 0 Å². The van der Waals surface area contributed by atoms with Gasteiger partial charge in [0.15, 0.2) is 0 Å². The average molecular weight is 269 g/mol. The molecule has 1 heterocycles. The van der Waals surface area contributed by atoms with Crippen molar-refractivity contribution in [3.63, 3.8) is 0 Å². The molecule has 1 aliphatic heterocycles. The summed E-state index contributed by atoms with van der Waals surface area (Å²) in [5, 5.41) is 18.2. The second-order valence-electron chi connectivity index (χ2n) is 5.79. The number of aliphatic hydroxyl groups excluding tert-OH is 1. The lowest BCUT2D eigenvalue weighted by Crippen LogP contribution is -2.44. The SMILES string of the molecule is O=C(O)[C@H]1CCC[C@H]1C(=O)N1CCCC(CCO)C1. The van der Waals surface area contributed by atoms with Crippen LogP contribution in [0.3, 0.4) is 0 Å². The Hall–Kier alpha value is -1.10. The number of carboxylic acids is 1. The van der Waals surface area contributed by atoms with Crippen LogP contribution in [0.1, 0.15) is 38.5 Å². The van der Waals surface area contributed by atoms with Crippen molar-refractivity contribution < 1.29 is 19.8 Å². The highest BCUT2D eigenvalue weighted by atomic mass is 16.4. The number of carbonyl (C=O) groups is 2. The molecule has 0 bridgehead atoms. The fourth-order valence-corrected chi connectivity index (χ4v) is 3.47. The van der Waals surface area contributed by atoms with Gasteiger partial charge < -0.3 is 15.1 Å². The van der Waals surface area contributed by atoms with Crippen molar-refractivity contribution in [2.24, 2.45) is 17.8 Å². The third kappa shape index (κ3) is 3.26. The monoisotopic (exact) mass is 269 g/mol. The molecule has 2 fully saturated rings. The highest BCUT2D eigenvalue weighted by Gasteiger charge is 2.40. The van der Waals surface area contributed by atoms with E-state index in [-0.39, 0.29) is 18.4 Å². The van der Waals surface area contributed by atoms with Gasteiger partial charge in [-0.1, -0.05) is 6.42 Å². The van der Waals surface area contributed by atoms with Gasteiger partial charge in [0.2, 0.25) is 5.91 Å². The van der Waals surface area contributed by atoms with Crippen LogP contribution in [-0.2, 0) is 9.59 Å². The molecular weight excluding hydrogens is 246 g/mol. The van der Waals surface area contributed by atoms with Crippen LogP contribution in [0.4, 0.5) is 0 Å². The molecule has 1 amide bonds. The van der Waals surface area contributed by atoms with Crippen LogP contribution in [0, 0.1) is 17.8 Å². The highest BCUT2D eigenvalue weighted by Crippen LogP contribution is 2.34. The average Bonchev–Trinajstić information content (AvgIpc) is 2.88. The maximum absolute atomic E-state index is 12.5. The first kappa shape index (κ1) is 14.3. The summed E-state index contributed by atoms with van der Waals surface area (Å²) in [5.74, 6) is -1.27. The summed E-state index contributed by atoms with van der Waals surface area (Å²) in [7, 11) is 0. The lowest BCUT2D eigenvalue weighted by Gasteiger charge is -2.34. The summed E-state index contributed by atoms with van der Waals surface area (Å²) in [4.78, 5) is 25.5. The van der Waals surface area contributed by atoms with Gasteiger partial charge in [-0.3, -0.25) is 9.59 Å². The Labute approximate surface area is 113 Å². The molecule has 1 saturated heterocycles. The Balaban J connectivity index is 1.96. The van der Waals surface area contributed by atoms with Gasteiger partial charge in [0.05, 0.1) is 11.8 Å². The first-order chi connectivity index (χ1) is 9.13. The Bertz CT molecular complexity index is 342. The van der Waals surface area contributed by atoms with Crippen LogP contribution >= 0.6 is 0 Å². The molecule has 0 spiro atoms. The molecule has 0 aromatic rings. The van der Waals surface area contributed by atoms with Crippen LogP contribution in [0.5, 0.6) is 0 Å². The molecule has 1 aliphatic carbocycles. The van der Waals surface area contributed by atoms with Crippen LogP contribution in [0.2, 0.25) is 0 Å². The molecule has 0 radical (unpaired) electrons. The van der Waals surface area contributed by atoms with Gasteiger partial charge in [-0.15, -0.1) is 0 Å². The van der Waals surface area contributed by atoms with Crippen molar-refractivity contribution in [3.05, 3.63) is 0 Å². The molecule has 0 aromatic heterocycles. The predicted molar refractivity (Wildman–Crippen MR) is 69.5 cm³/mol. The summed E-state index contributed by atoms with van der Waals surface area (Å²) in [6, 6.07) is 0. The van der Waals surface area contributed by atoms with Crippen molar-refractivity contribution >= 4 is 11.9 Å². The lowest BCUT2D eigenvalue weighted by molar-refractivity contribution is -0.149. The van der Waals surface area contributed by atoms with E-state index in [0.717, 1.165) is 32.2 Å². The number of aliphatic hydroxyl groups is 1. The number of hydrogen-bond donors (Lipinski definition) is 2. The first-order valence-corrected chi connectivity index (χ1v) is 7.26. The number of likely N-dealkylation sites (tertiary alicyclic amines) is 1. The largest absolute Gasteiger partial charge is 0.481 e. The topological polar surface area (TPSA) is 77.8 Å². The lowest BCUT2D eigenvalue weighted by atomic mass is 9.91. The molecule has 1 saturated carbocycles. The van der Waals surface area contributed by atoms with E-state index in [1.54, 1.807) is 0 Å². The zero-order valence-electron chi connectivity index (χ0n) is 11.3. The van der Waals surface area contributed by atoms with Crippen LogP contribution in [0.15, 0.2) is 0 Å². The minimum absolute atomic E-state index is 0.0209. The fraction of sp³-hybridized carbons (Fsp3) is 0.857. The molecule has 19 heavy (non-hydrogen) atoms. The van der Waals surface area contributed by atoms with Crippen molar-refractivity contribution in [1.29, 1.82) is 0 Å². The molecule has 5 heteroatoms. The van der Waals surface area contributed by atoms with Crippen molar-refractivity contribution in [3.8, 4) is 0 Å². The molecule has 2 rings (SSSR count). The van der Waals surface area contributed by atoms with Gasteiger partial charge in [0, 0.05) is 19.7 Å². The Morgan fingerprint density at radius 1 is 1.11 bits per heavy atom. The smallest absolute Gasteiger partial charge is 0.307 e. The second-order valence-corrected chi connectivity index (χ2v) is 5.79. The zero-order valence-corrected chi connectivity index (χ0v) is 11.3. The Morgan fingerprint density at radius 2 is 1.84 bits per heavy atom. The maximum atomic E-state index is 12.5. The quantitative estimate of drug-likeness (QED) is 0.801. The van der Waals surface area contributed by atoms with Gasteiger partial charge in [-0.25, -0.2) is 0 Å². The minimum atomic E-state index is -0.834. The highest BCUT2D eigenvalue weighted by molar-refractivity contribution is 5.85. The molecule has 2 N–H and O–H groups in total. The molecule has 0 aromatic carbocycles. The van der Waals surface area contributed by atoms with E-state index in [0.29, 0.717) is 25.3 Å². The maximum Gasteiger partial charge on any atom is 0.307 e. The van der Waals surface area contributed by atoms with Crippen molar-refractivity contribution in [2.45, 2.75) is 38.5 Å². The normalized spacial score (nSPS) is 31.4. The predicted octanol–water partition coefficient (Wildman–Crippen LogP) is 1.11. The summed E-state index contributed by atoms with van der Waals surface area (Å²) in [5.41, 5.74) is 0. The minimum Gasteiger partial charge on any atom is -0.481 e. The summed E-state index contributed by atoms with van der Waals surface area (Å²) >= 11 is 0. The first-order valence-electron chi connectivity index (χ1n) is 7.26. The van der Waals surface area contributed by atoms with Gasteiger partial charge >= 0.3 is 5.97 Å². The number of aliphatic carboxylic acids is 1. The second kappa shape index (κ2) is 6.37. The van der Waals surface area contributed by atoms with E-state index in [1.807, 2.05) is 4.90 Å². The van der Waals surface area contributed by atoms with Gasteiger partial charge in [0.1, 0.15) is 0 Å². The number of nitrogens with zero attached hydrogens (tertiary/aromatic N) is 1. The van der Waals surface area contributed by atoms with Crippen molar-refractivity contribution in [1.82, 2.24) is 4.90 Å². The molecule has 2 aliphatic rings. The Morgan fingerprint density at radius 3 is 2.53 bits per heavy atom. The van der Waals surface area contributed by atoms with Gasteiger partial charge in [-0.05, 0) is 38.0 Å². The molecular formula is C14H23NO4. The van der Waals surface area contributed by atoms with E-state index in [4.69, 9.17) is 10.2 Å². The number of rotatable bonds is 4. The van der Waals surface area contributed by atoms with Crippen LogP contribution < -0.4 is 0 Å². The van der Waals surface area contributed by atoms with E-state index < -0.39 is 11.9 Å². The summed E-state index contributed by atoms with van der Waals surface area (Å²) in [6.07, 6.45) is 4.91. The van der Waals surface area contributed by atoms with E-state index in [1.165, 1.54) is 0 Å². The number of amides is 1. The third-order valence-corrected chi connectivity index (χ3v) is 4.52. The standard InChI is InChI=1S/C14H23NO4/c16-8-6-10-3-2-7-15(9-10)13(17)11-4-1-5-12(11)14(18)19/h10-12,16H,1-9H2,(H,18,19)/t10?,11-,12+/m1/s1. The molecule has 5 nitrogen and oxygen atoms in total. The van der Waals surface area contributed by atoms with Gasteiger partial charge in [0.25, 0.3) is 0 Å². The van der Waals surface area contributed by atoms with E-state index in [9.17, 15) is 9.59 Å². The van der Waals surface area contributed by atoms with Crippen molar-refractivity contribution in [2.75, 3.05) is 19.7 Å². The molecule has 3 atom stereocenters. The molecule has 1 unspecified atom stereocenters. The fourth-order valence-electron chi connectivity index (χ4n) is 3.47. The number of hydrogen-bond acceptors (Lipinski definition) is 3. The zero-order chi connectivity index (χ0) is 13.8. The number of piperidine rings is 1. The van der Waals surface area contributed by atoms with Gasteiger partial charge in [-0.2, -0.15) is 0 Å². The number of carboxylic acid groups (broad SMARTS) is 1. The summed E-state index contributed by atoms with van der Waals surface area (Å²) in [6.45, 7) is 1.58. The summed E-state index contributed by atoms with van der Waals surface area (Å²) < 4.78 is 0. The van der Waals surface area contributed by atoms with E-state index in [2.05, 4.69) is 0 Å².